The Balaban J connectivity index is 0.00000225. The number of hydrogen-bond acceptors (Lipinski definition) is 4. The number of nitrogens with one attached hydrogen (secondary N) is 1. The Morgan fingerprint density at radius 2 is 2.08 bits per heavy atom. The Morgan fingerprint density at radius 1 is 1.36 bits per heavy atom. The maximum Gasteiger partial charge on any atom is 0.226 e. The number of carbonyl (C=O) groups excluding carboxylic acids is 1. The van der Waals surface area contributed by atoms with Crippen LogP contribution in [0.4, 0.5) is 5.95 Å². The molecule has 2 aromatic heterocycles. The first-order chi connectivity index (χ1) is 11.4. The SMILES string of the molecule is C.COC(C)(C)CCC(=O)Nc1nc2ccc(C)nc2n1C1CCC1. The van der Waals surface area contributed by atoms with Gasteiger partial charge in [-0.05, 0) is 58.6 Å². The zero-order valence-corrected chi connectivity index (χ0v) is 14.9. The Bertz CT molecular complexity index is 747. The van der Waals surface area contributed by atoms with E-state index >= 15 is 0 Å². The van der Waals surface area contributed by atoms with E-state index < -0.39 is 0 Å². The Kier molecular flexibility index (Phi) is 5.83. The van der Waals surface area contributed by atoms with Gasteiger partial charge in [-0.1, -0.05) is 7.43 Å². The van der Waals surface area contributed by atoms with Crippen LogP contribution in [0, 0.1) is 6.92 Å². The minimum atomic E-state index is -0.301. The molecule has 6 nitrogen and oxygen atoms in total. The summed E-state index contributed by atoms with van der Waals surface area (Å²) in [4.78, 5) is 21.6. The lowest BCUT2D eigenvalue weighted by molar-refractivity contribution is -0.117. The summed E-state index contributed by atoms with van der Waals surface area (Å²) >= 11 is 0. The highest BCUT2D eigenvalue weighted by Gasteiger charge is 2.26. The van der Waals surface area contributed by atoms with Gasteiger partial charge < -0.3 is 4.74 Å². The zero-order chi connectivity index (χ0) is 17.3. The Morgan fingerprint density at radius 3 is 2.68 bits per heavy atom. The quantitative estimate of drug-likeness (QED) is 0.849. The maximum absolute atomic E-state index is 12.4. The molecule has 1 saturated carbocycles. The van der Waals surface area contributed by atoms with Crippen LogP contribution in [0.15, 0.2) is 12.1 Å². The molecule has 0 bridgehead atoms. The van der Waals surface area contributed by atoms with Crippen LogP contribution < -0.4 is 5.32 Å². The topological polar surface area (TPSA) is 69.0 Å². The van der Waals surface area contributed by atoms with Crippen LogP contribution in [0.25, 0.3) is 11.2 Å². The van der Waals surface area contributed by atoms with Gasteiger partial charge in [-0.2, -0.15) is 0 Å². The van der Waals surface area contributed by atoms with Gasteiger partial charge in [0.25, 0.3) is 0 Å². The van der Waals surface area contributed by atoms with Crippen molar-refractivity contribution in [2.75, 3.05) is 12.4 Å². The van der Waals surface area contributed by atoms with Gasteiger partial charge in [0, 0.05) is 25.3 Å². The minimum Gasteiger partial charge on any atom is -0.379 e. The number of aromatic nitrogens is 3. The predicted octanol–water partition coefficient (Wildman–Crippen LogP) is 4.24. The number of pyridine rings is 1. The normalized spacial score (nSPS) is 14.9. The molecule has 1 aliphatic rings. The number of anilines is 1. The molecular weight excluding hydrogens is 316 g/mol. The number of aryl methyl sites for hydroxylation is 1. The number of rotatable bonds is 6. The summed E-state index contributed by atoms with van der Waals surface area (Å²) in [5.41, 5.74) is 2.36. The standard InChI is InChI=1S/C18H26N4O2.CH4/c1-12-8-9-14-16(19-12)22(13-6-5-7-13)17(20-14)21-15(23)10-11-18(2,3)24-4;/h8-9,13H,5-7,10-11H2,1-4H3,(H,20,21,23);1H4. The number of imidazole rings is 1. The predicted molar refractivity (Wildman–Crippen MR) is 101 cm³/mol. The van der Waals surface area contributed by atoms with E-state index in [2.05, 4.69) is 19.9 Å². The summed E-state index contributed by atoms with van der Waals surface area (Å²) in [6, 6.07) is 4.30. The monoisotopic (exact) mass is 346 g/mol. The summed E-state index contributed by atoms with van der Waals surface area (Å²) < 4.78 is 7.48. The number of nitrogens with zero attached hydrogens (tertiary/aromatic N) is 3. The van der Waals surface area contributed by atoms with Crippen LogP contribution in [-0.4, -0.2) is 33.2 Å². The molecule has 3 rings (SSSR count). The second-order valence-corrected chi connectivity index (χ2v) is 7.20. The second kappa shape index (κ2) is 7.52. The fraction of sp³-hybridized carbons (Fsp3) is 0.632. The van der Waals surface area contributed by atoms with Crippen molar-refractivity contribution in [3.05, 3.63) is 17.8 Å². The van der Waals surface area contributed by atoms with E-state index in [0.29, 0.717) is 24.8 Å². The van der Waals surface area contributed by atoms with Crippen molar-refractivity contribution < 1.29 is 9.53 Å². The fourth-order valence-electron chi connectivity index (χ4n) is 2.85. The summed E-state index contributed by atoms with van der Waals surface area (Å²) in [5, 5.41) is 2.98. The molecule has 6 heteroatoms. The highest BCUT2D eigenvalue weighted by Crippen LogP contribution is 2.36. The van der Waals surface area contributed by atoms with Gasteiger partial charge >= 0.3 is 0 Å². The van der Waals surface area contributed by atoms with Crippen LogP contribution in [0.5, 0.6) is 0 Å². The van der Waals surface area contributed by atoms with Crippen LogP contribution in [0.2, 0.25) is 0 Å². The Labute approximate surface area is 150 Å². The number of hydrogen-bond donors (Lipinski definition) is 1. The van der Waals surface area contributed by atoms with Gasteiger partial charge in [-0.3, -0.25) is 14.7 Å². The molecule has 1 fully saturated rings. The molecule has 1 N–H and O–H groups in total. The average molecular weight is 346 g/mol. The highest BCUT2D eigenvalue weighted by molar-refractivity contribution is 5.91. The fourth-order valence-corrected chi connectivity index (χ4v) is 2.85. The van der Waals surface area contributed by atoms with Crippen molar-refractivity contribution in [3.63, 3.8) is 0 Å². The van der Waals surface area contributed by atoms with Crippen LogP contribution in [0.3, 0.4) is 0 Å². The van der Waals surface area contributed by atoms with Crippen LogP contribution in [-0.2, 0) is 9.53 Å². The lowest BCUT2D eigenvalue weighted by atomic mass is 9.93. The smallest absolute Gasteiger partial charge is 0.226 e. The van der Waals surface area contributed by atoms with Gasteiger partial charge in [-0.15, -0.1) is 0 Å². The summed E-state index contributed by atoms with van der Waals surface area (Å²) in [5.74, 6) is 0.584. The highest BCUT2D eigenvalue weighted by atomic mass is 16.5. The van der Waals surface area contributed by atoms with Crippen molar-refractivity contribution in [2.45, 2.75) is 71.9 Å². The van der Waals surface area contributed by atoms with Crippen molar-refractivity contribution in [2.24, 2.45) is 0 Å². The third-order valence-electron chi connectivity index (χ3n) is 4.87. The lowest BCUT2D eigenvalue weighted by Gasteiger charge is -2.28. The number of carbonyl (C=O) groups is 1. The summed E-state index contributed by atoms with van der Waals surface area (Å²) in [6.07, 6.45) is 4.50. The molecule has 0 unspecified atom stereocenters. The van der Waals surface area contributed by atoms with E-state index in [0.717, 1.165) is 29.7 Å². The summed E-state index contributed by atoms with van der Waals surface area (Å²) in [7, 11) is 1.67. The molecule has 0 aromatic carbocycles. The van der Waals surface area contributed by atoms with E-state index in [9.17, 15) is 4.79 Å². The number of methoxy groups -OCH3 is 1. The largest absolute Gasteiger partial charge is 0.379 e. The molecular formula is C19H30N4O2. The molecule has 0 atom stereocenters. The third kappa shape index (κ3) is 4.18. The first-order valence-electron chi connectivity index (χ1n) is 8.60. The molecule has 1 amide bonds. The first-order valence-corrected chi connectivity index (χ1v) is 8.60. The zero-order valence-electron chi connectivity index (χ0n) is 14.9. The van der Waals surface area contributed by atoms with E-state index in [1.54, 1.807) is 7.11 Å². The second-order valence-electron chi connectivity index (χ2n) is 7.20. The molecule has 138 valence electrons. The van der Waals surface area contributed by atoms with E-state index in [1.165, 1.54) is 6.42 Å². The number of fused-ring (bicyclic) bond motifs is 1. The molecule has 1 aliphatic carbocycles. The summed E-state index contributed by atoms with van der Waals surface area (Å²) in [6.45, 7) is 5.94. The van der Waals surface area contributed by atoms with Gasteiger partial charge in [-0.25, -0.2) is 9.97 Å². The Hall–Kier alpha value is -1.95. The number of amides is 1. The molecule has 0 radical (unpaired) electrons. The first kappa shape index (κ1) is 19.4. The third-order valence-corrected chi connectivity index (χ3v) is 4.87. The van der Waals surface area contributed by atoms with Crippen molar-refractivity contribution in [3.8, 4) is 0 Å². The van der Waals surface area contributed by atoms with E-state index in [4.69, 9.17) is 4.74 Å². The van der Waals surface area contributed by atoms with Crippen molar-refractivity contribution in [1.29, 1.82) is 0 Å². The van der Waals surface area contributed by atoms with Crippen molar-refractivity contribution in [1.82, 2.24) is 14.5 Å². The molecule has 0 saturated heterocycles. The minimum absolute atomic E-state index is 0. The number of ether oxygens (including phenoxy) is 1. The van der Waals surface area contributed by atoms with Crippen LogP contribution >= 0.6 is 0 Å². The maximum atomic E-state index is 12.4. The molecule has 25 heavy (non-hydrogen) atoms. The molecule has 2 heterocycles. The van der Waals surface area contributed by atoms with Crippen molar-refractivity contribution >= 4 is 23.0 Å². The molecule has 0 aliphatic heterocycles. The molecule has 2 aromatic rings. The van der Waals surface area contributed by atoms with Gasteiger partial charge in [0.2, 0.25) is 11.9 Å². The molecule has 0 spiro atoms. The van der Waals surface area contributed by atoms with Gasteiger partial charge in [0.1, 0.15) is 5.52 Å². The van der Waals surface area contributed by atoms with Gasteiger partial charge in [0.15, 0.2) is 5.65 Å². The van der Waals surface area contributed by atoms with Gasteiger partial charge in [0.05, 0.1) is 5.60 Å². The lowest BCUT2D eigenvalue weighted by Crippen LogP contribution is -2.26. The average Bonchev–Trinajstić information content (AvgIpc) is 2.82. The van der Waals surface area contributed by atoms with E-state index in [1.807, 2.05) is 32.9 Å². The van der Waals surface area contributed by atoms with Crippen LogP contribution in [0.1, 0.15) is 65.1 Å². The van der Waals surface area contributed by atoms with E-state index in [-0.39, 0.29) is 18.9 Å².